The molecule has 0 spiro atoms. The third-order valence-electron chi connectivity index (χ3n) is 5.59. The van der Waals surface area contributed by atoms with Crippen molar-refractivity contribution < 1.29 is 19.1 Å². The van der Waals surface area contributed by atoms with Crippen molar-refractivity contribution in [2.24, 2.45) is 0 Å². The number of carbonyl (C=O) groups excluding carboxylic acids is 2. The molecule has 0 radical (unpaired) electrons. The van der Waals surface area contributed by atoms with Crippen LogP contribution >= 0.6 is 11.6 Å². The minimum Gasteiger partial charge on any atom is -0.463 e. The number of rotatable bonds is 6. The number of fused-ring (bicyclic) bond motifs is 1. The predicted octanol–water partition coefficient (Wildman–Crippen LogP) is 5.45. The molecule has 0 fully saturated rings. The molecular formula is C26H21ClO4. The first kappa shape index (κ1) is 20.9. The molecule has 0 bridgehead atoms. The maximum atomic E-state index is 13.7. The smallest absolute Gasteiger partial charge is 0.334 e. The van der Waals surface area contributed by atoms with E-state index in [4.69, 9.17) is 21.1 Å². The number of esters is 2. The lowest BCUT2D eigenvalue weighted by Crippen LogP contribution is -2.43. The Labute approximate surface area is 186 Å². The Hall–Kier alpha value is -3.37. The van der Waals surface area contributed by atoms with Crippen LogP contribution in [0.2, 0.25) is 5.02 Å². The van der Waals surface area contributed by atoms with Gasteiger partial charge in [-0.3, -0.25) is 4.79 Å². The van der Waals surface area contributed by atoms with Crippen LogP contribution in [0.25, 0.3) is 0 Å². The van der Waals surface area contributed by atoms with Crippen LogP contribution in [0.4, 0.5) is 0 Å². The van der Waals surface area contributed by atoms with Gasteiger partial charge in [0.25, 0.3) is 0 Å². The summed E-state index contributed by atoms with van der Waals surface area (Å²) in [7, 11) is 0. The van der Waals surface area contributed by atoms with E-state index in [9.17, 15) is 9.59 Å². The van der Waals surface area contributed by atoms with Gasteiger partial charge in [-0.05, 0) is 36.2 Å². The fraction of sp³-hybridized carbons (Fsp3) is 0.154. The highest BCUT2D eigenvalue weighted by Crippen LogP contribution is 2.55. The van der Waals surface area contributed by atoms with E-state index >= 15 is 0 Å². The zero-order valence-electron chi connectivity index (χ0n) is 17.0. The molecule has 0 unspecified atom stereocenters. The summed E-state index contributed by atoms with van der Waals surface area (Å²) in [6, 6.07) is 23.7. The van der Waals surface area contributed by atoms with Crippen LogP contribution in [0.1, 0.15) is 29.5 Å². The molecule has 0 amide bonds. The minimum absolute atomic E-state index is 0.168. The van der Waals surface area contributed by atoms with Crippen molar-refractivity contribution in [3.8, 4) is 5.75 Å². The lowest BCUT2D eigenvalue weighted by atomic mass is 9.62. The molecule has 1 aliphatic heterocycles. The van der Waals surface area contributed by atoms with Crippen molar-refractivity contribution in [2.45, 2.75) is 18.3 Å². The van der Waals surface area contributed by atoms with E-state index in [2.05, 4.69) is 6.58 Å². The summed E-state index contributed by atoms with van der Waals surface area (Å²) in [5.74, 6) is -1.32. The predicted molar refractivity (Wildman–Crippen MR) is 119 cm³/mol. The van der Waals surface area contributed by atoms with Gasteiger partial charge < -0.3 is 9.47 Å². The Morgan fingerprint density at radius 3 is 2.35 bits per heavy atom. The Morgan fingerprint density at radius 2 is 1.68 bits per heavy atom. The summed E-state index contributed by atoms with van der Waals surface area (Å²) in [6.45, 7) is 6.01. The zero-order valence-corrected chi connectivity index (χ0v) is 17.8. The van der Waals surface area contributed by atoms with Gasteiger partial charge in [0.05, 0.1) is 6.61 Å². The molecule has 2 atom stereocenters. The second kappa shape index (κ2) is 8.40. The monoisotopic (exact) mass is 432 g/mol. The SMILES string of the molecule is C=C(C(=O)OCC)[C@@H](c1ccc(Cl)cc1)[C@@]1(c2ccccc2)C(=O)Oc2ccccc21. The molecular weight excluding hydrogens is 412 g/mol. The fourth-order valence-electron chi connectivity index (χ4n) is 4.30. The van der Waals surface area contributed by atoms with Crippen LogP contribution in [-0.4, -0.2) is 18.5 Å². The Kier molecular flexibility index (Phi) is 5.66. The van der Waals surface area contributed by atoms with Crippen LogP contribution in [-0.2, 0) is 19.7 Å². The molecule has 1 aliphatic rings. The van der Waals surface area contributed by atoms with E-state index in [0.717, 1.165) is 0 Å². The lowest BCUT2D eigenvalue weighted by molar-refractivity contribution is -0.140. The first-order valence-corrected chi connectivity index (χ1v) is 10.4. The van der Waals surface area contributed by atoms with Crippen LogP contribution in [0.3, 0.4) is 0 Å². The largest absolute Gasteiger partial charge is 0.463 e. The number of benzene rings is 3. The number of hydrogen-bond donors (Lipinski definition) is 0. The van der Waals surface area contributed by atoms with Gasteiger partial charge in [0, 0.05) is 22.1 Å². The van der Waals surface area contributed by atoms with Crippen molar-refractivity contribution in [3.63, 3.8) is 0 Å². The lowest BCUT2D eigenvalue weighted by Gasteiger charge is -2.36. The zero-order chi connectivity index (χ0) is 22.0. The summed E-state index contributed by atoms with van der Waals surface area (Å²) in [4.78, 5) is 26.6. The van der Waals surface area contributed by atoms with Crippen molar-refractivity contribution in [1.29, 1.82) is 0 Å². The van der Waals surface area contributed by atoms with Crippen molar-refractivity contribution in [2.75, 3.05) is 6.61 Å². The second-order valence-electron chi connectivity index (χ2n) is 7.29. The van der Waals surface area contributed by atoms with Gasteiger partial charge in [0.1, 0.15) is 11.2 Å². The molecule has 0 aliphatic carbocycles. The van der Waals surface area contributed by atoms with Gasteiger partial charge in [-0.15, -0.1) is 0 Å². The highest BCUT2D eigenvalue weighted by molar-refractivity contribution is 6.30. The normalized spacial score (nSPS) is 18.1. The van der Waals surface area contributed by atoms with E-state index in [1.54, 1.807) is 37.3 Å². The number of carbonyl (C=O) groups is 2. The first-order valence-electron chi connectivity index (χ1n) is 9.98. The van der Waals surface area contributed by atoms with Crippen molar-refractivity contribution >= 4 is 23.5 Å². The van der Waals surface area contributed by atoms with Crippen LogP contribution in [0.15, 0.2) is 91.0 Å². The third kappa shape index (κ3) is 3.43. The van der Waals surface area contributed by atoms with Gasteiger partial charge in [0.15, 0.2) is 0 Å². The van der Waals surface area contributed by atoms with E-state index in [0.29, 0.717) is 27.5 Å². The van der Waals surface area contributed by atoms with E-state index in [1.165, 1.54) is 0 Å². The molecule has 1 heterocycles. The number of ether oxygens (including phenoxy) is 2. The highest BCUT2D eigenvalue weighted by atomic mass is 35.5. The van der Waals surface area contributed by atoms with Crippen LogP contribution in [0.5, 0.6) is 5.75 Å². The molecule has 0 saturated heterocycles. The molecule has 0 N–H and O–H groups in total. The van der Waals surface area contributed by atoms with Gasteiger partial charge in [-0.1, -0.05) is 78.8 Å². The van der Waals surface area contributed by atoms with Crippen molar-refractivity contribution in [3.05, 3.63) is 113 Å². The molecule has 5 heteroatoms. The van der Waals surface area contributed by atoms with Gasteiger partial charge in [-0.25, -0.2) is 4.79 Å². The molecule has 156 valence electrons. The topological polar surface area (TPSA) is 52.6 Å². The average molecular weight is 433 g/mol. The van der Waals surface area contributed by atoms with Crippen LogP contribution in [0, 0.1) is 0 Å². The average Bonchev–Trinajstić information content (AvgIpc) is 3.08. The van der Waals surface area contributed by atoms with E-state index in [1.807, 2.05) is 48.5 Å². The molecule has 31 heavy (non-hydrogen) atoms. The summed E-state index contributed by atoms with van der Waals surface area (Å²) < 4.78 is 11.0. The van der Waals surface area contributed by atoms with E-state index in [-0.39, 0.29) is 12.2 Å². The number of halogens is 1. The summed E-state index contributed by atoms with van der Waals surface area (Å²) in [6.07, 6.45) is 0. The van der Waals surface area contributed by atoms with Crippen LogP contribution < -0.4 is 4.74 Å². The molecule has 0 saturated carbocycles. The molecule has 4 rings (SSSR count). The molecule has 0 aromatic heterocycles. The minimum atomic E-state index is -1.31. The Balaban J connectivity index is 2.05. The summed E-state index contributed by atoms with van der Waals surface area (Å²) >= 11 is 6.12. The summed E-state index contributed by atoms with van der Waals surface area (Å²) in [5.41, 5.74) is 0.948. The number of hydrogen-bond acceptors (Lipinski definition) is 4. The molecule has 4 nitrogen and oxygen atoms in total. The summed E-state index contributed by atoms with van der Waals surface area (Å²) in [5, 5.41) is 0.549. The maximum Gasteiger partial charge on any atom is 0.334 e. The Morgan fingerprint density at radius 1 is 1.03 bits per heavy atom. The third-order valence-corrected chi connectivity index (χ3v) is 5.84. The fourth-order valence-corrected chi connectivity index (χ4v) is 4.42. The first-order chi connectivity index (χ1) is 15.0. The van der Waals surface area contributed by atoms with Gasteiger partial charge >= 0.3 is 11.9 Å². The van der Waals surface area contributed by atoms with Gasteiger partial charge in [-0.2, -0.15) is 0 Å². The quantitative estimate of drug-likeness (QED) is 0.295. The molecule has 3 aromatic rings. The van der Waals surface area contributed by atoms with Crippen molar-refractivity contribution in [1.82, 2.24) is 0 Å². The second-order valence-corrected chi connectivity index (χ2v) is 7.73. The standard InChI is InChI=1S/C26H21ClO4/c1-3-30-24(28)17(2)23(18-13-15-20(27)16-14-18)26(19-9-5-4-6-10-19)21-11-7-8-12-22(21)31-25(26)29/h4-16,23H,2-3H2,1H3/t23-,26-/m0/s1. The highest BCUT2D eigenvalue weighted by Gasteiger charge is 2.57. The maximum absolute atomic E-state index is 13.7. The Bertz CT molecular complexity index is 1140. The number of para-hydroxylation sites is 1. The molecule has 3 aromatic carbocycles. The van der Waals surface area contributed by atoms with E-state index < -0.39 is 23.3 Å². The van der Waals surface area contributed by atoms with Gasteiger partial charge in [0.2, 0.25) is 0 Å².